The van der Waals surface area contributed by atoms with Gasteiger partial charge in [0, 0.05) is 24.7 Å². The number of hydrogen-bond acceptors (Lipinski definition) is 3. The minimum Gasteiger partial charge on any atom is -0.395 e. The van der Waals surface area contributed by atoms with Gasteiger partial charge in [-0.3, -0.25) is 0 Å². The lowest BCUT2D eigenvalue weighted by Gasteiger charge is -2.21. The summed E-state index contributed by atoms with van der Waals surface area (Å²) in [5.74, 6) is 0. The number of aliphatic hydroxyl groups is 1. The average molecular weight is 248 g/mol. The fourth-order valence-corrected chi connectivity index (χ4v) is 2.72. The van der Waals surface area contributed by atoms with E-state index in [1.807, 2.05) is 6.07 Å². The van der Waals surface area contributed by atoms with E-state index in [0.29, 0.717) is 12.1 Å². The van der Waals surface area contributed by atoms with Gasteiger partial charge in [0.15, 0.2) is 0 Å². The van der Waals surface area contributed by atoms with Crippen LogP contribution in [0.1, 0.15) is 18.9 Å². The molecule has 0 aromatic heterocycles. The van der Waals surface area contributed by atoms with Crippen LogP contribution in [0.4, 0.5) is 0 Å². The Balaban J connectivity index is 1.86. The minimum absolute atomic E-state index is 0.163. The van der Waals surface area contributed by atoms with E-state index in [2.05, 4.69) is 48.5 Å². The highest BCUT2D eigenvalue weighted by Gasteiger charge is 2.27. The summed E-state index contributed by atoms with van der Waals surface area (Å²) >= 11 is 0. The van der Waals surface area contributed by atoms with E-state index in [-0.39, 0.29) is 12.6 Å². The third-order valence-corrected chi connectivity index (χ3v) is 3.90. The van der Waals surface area contributed by atoms with Crippen LogP contribution in [0.15, 0.2) is 30.3 Å². The second kappa shape index (κ2) is 6.32. The third-order valence-electron chi connectivity index (χ3n) is 3.90. The molecule has 0 aliphatic carbocycles. The van der Waals surface area contributed by atoms with Gasteiger partial charge < -0.3 is 15.3 Å². The molecule has 0 amide bonds. The number of likely N-dealkylation sites (tertiary alicyclic amines) is 1. The zero-order valence-corrected chi connectivity index (χ0v) is 11.3. The molecule has 1 aliphatic heterocycles. The van der Waals surface area contributed by atoms with Gasteiger partial charge in [0.1, 0.15) is 0 Å². The number of likely N-dealkylation sites (N-methyl/N-ethyl adjacent to an activating group) is 1. The van der Waals surface area contributed by atoms with Crippen LogP contribution in [-0.2, 0) is 6.42 Å². The molecule has 0 saturated carbocycles. The van der Waals surface area contributed by atoms with Crippen LogP contribution in [0.5, 0.6) is 0 Å². The van der Waals surface area contributed by atoms with E-state index in [4.69, 9.17) is 0 Å². The highest BCUT2D eigenvalue weighted by atomic mass is 16.3. The summed E-state index contributed by atoms with van der Waals surface area (Å²) < 4.78 is 0. The van der Waals surface area contributed by atoms with Crippen molar-refractivity contribution < 1.29 is 5.11 Å². The van der Waals surface area contributed by atoms with Gasteiger partial charge in [-0.2, -0.15) is 0 Å². The van der Waals surface area contributed by atoms with E-state index in [1.54, 1.807) is 0 Å². The second-order valence-electron chi connectivity index (χ2n) is 5.46. The van der Waals surface area contributed by atoms with Crippen LogP contribution < -0.4 is 5.32 Å². The fraction of sp³-hybridized carbons (Fsp3) is 0.600. The van der Waals surface area contributed by atoms with E-state index < -0.39 is 0 Å². The Morgan fingerprint density at radius 2 is 2.11 bits per heavy atom. The second-order valence-corrected chi connectivity index (χ2v) is 5.46. The van der Waals surface area contributed by atoms with Crippen LogP contribution in [0.25, 0.3) is 0 Å². The highest BCUT2D eigenvalue weighted by Crippen LogP contribution is 2.16. The van der Waals surface area contributed by atoms with Gasteiger partial charge in [0.05, 0.1) is 6.61 Å². The van der Waals surface area contributed by atoms with Crippen LogP contribution >= 0.6 is 0 Å². The molecule has 3 heteroatoms. The first-order valence-electron chi connectivity index (χ1n) is 6.80. The Hall–Kier alpha value is -0.900. The highest BCUT2D eigenvalue weighted by molar-refractivity contribution is 5.16. The molecule has 2 N–H and O–H groups in total. The third kappa shape index (κ3) is 3.55. The van der Waals surface area contributed by atoms with Crippen molar-refractivity contribution in [1.29, 1.82) is 0 Å². The van der Waals surface area contributed by atoms with E-state index in [1.165, 1.54) is 12.0 Å². The van der Waals surface area contributed by atoms with Gasteiger partial charge in [-0.25, -0.2) is 0 Å². The number of nitrogens with one attached hydrogen (secondary N) is 1. The van der Waals surface area contributed by atoms with Crippen molar-refractivity contribution in [3.05, 3.63) is 35.9 Å². The van der Waals surface area contributed by atoms with Gasteiger partial charge in [-0.15, -0.1) is 0 Å². The van der Waals surface area contributed by atoms with Crippen molar-refractivity contribution in [1.82, 2.24) is 10.2 Å². The lowest BCUT2D eigenvalue weighted by Crippen LogP contribution is -2.43. The van der Waals surface area contributed by atoms with Crippen molar-refractivity contribution in [2.24, 2.45) is 0 Å². The minimum atomic E-state index is 0.163. The van der Waals surface area contributed by atoms with Crippen molar-refractivity contribution in [2.45, 2.75) is 37.9 Å². The SMILES string of the molecule is CC1CC(N[C@H](CO)Cc2ccccc2)CN1C. The van der Waals surface area contributed by atoms with Crippen LogP contribution in [-0.4, -0.2) is 48.3 Å². The summed E-state index contributed by atoms with van der Waals surface area (Å²) in [6.45, 7) is 3.53. The maximum Gasteiger partial charge on any atom is 0.0587 e. The summed E-state index contributed by atoms with van der Waals surface area (Å²) in [6, 6.07) is 11.7. The Labute approximate surface area is 110 Å². The average Bonchev–Trinajstić information content (AvgIpc) is 2.69. The van der Waals surface area contributed by atoms with Crippen LogP contribution in [0, 0.1) is 0 Å². The molecule has 1 aliphatic rings. The van der Waals surface area contributed by atoms with E-state index in [9.17, 15) is 5.11 Å². The maximum absolute atomic E-state index is 9.50. The van der Waals surface area contributed by atoms with Crippen molar-refractivity contribution in [3.8, 4) is 0 Å². The van der Waals surface area contributed by atoms with E-state index in [0.717, 1.165) is 13.0 Å². The topological polar surface area (TPSA) is 35.5 Å². The normalized spacial score (nSPS) is 26.4. The molecule has 0 bridgehead atoms. The number of aliphatic hydroxyl groups excluding tert-OH is 1. The zero-order chi connectivity index (χ0) is 13.0. The van der Waals surface area contributed by atoms with Gasteiger partial charge in [0.25, 0.3) is 0 Å². The van der Waals surface area contributed by atoms with Gasteiger partial charge in [-0.05, 0) is 32.4 Å². The molecular weight excluding hydrogens is 224 g/mol. The zero-order valence-electron chi connectivity index (χ0n) is 11.3. The molecule has 100 valence electrons. The molecule has 18 heavy (non-hydrogen) atoms. The van der Waals surface area contributed by atoms with Crippen LogP contribution in [0.2, 0.25) is 0 Å². The smallest absolute Gasteiger partial charge is 0.0587 e. The van der Waals surface area contributed by atoms with Gasteiger partial charge in [-0.1, -0.05) is 30.3 Å². The van der Waals surface area contributed by atoms with Gasteiger partial charge >= 0.3 is 0 Å². The standard InChI is InChI=1S/C15H24N2O/c1-12-8-14(10-17(12)2)16-15(11-18)9-13-6-4-3-5-7-13/h3-7,12,14-16,18H,8-11H2,1-2H3/t12?,14?,15-/m0/s1. The number of nitrogens with zero attached hydrogens (tertiary/aromatic N) is 1. The predicted octanol–water partition coefficient (Wildman–Crippen LogP) is 1.27. The Morgan fingerprint density at radius 1 is 1.39 bits per heavy atom. The molecule has 1 heterocycles. The maximum atomic E-state index is 9.50. The van der Waals surface area contributed by atoms with E-state index >= 15 is 0 Å². The summed E-state index contributed by atoms with van der Waals surface area (Å²) in [5.41, 5.74) is 1.28. The predicted molar refractivity (Wildman–Crippen MR) is 74.7 cm³/mol. The van der Waals surface area contributed by atoms with Crippen LogP contribution in [0.3, 0.4) is 0 Å². The largest absolute Gasteiger partial charge is 0.395 e. The monoisotopic (exact) mass is 248 g/mol. The lowest BCUT2D eigenvalue weighted by atomic mass is 10.0. The Bertz CT molecular complexity index is 345. The number of benzene rings is 1. The van der Waals surface area contributed by atoms with Crippen molar-refractivity contribution in [3.63, 3.8) is 0 Å². The molecule has 0 radical (unpaired) electrons. The molecule has 3 atom stereocenters. The fourth-order valence-electron chi connectivity index (χ4n) is 2.72. The van der Waals surface area contributed by atoms with Gasteiger partial charge in [0.2, 0.25) is 0 Å². The summed E-state index contributed by atoms with van der Waals surface area (Å²) in [5, 5.41) is 13.1. The Kier molecular flexibility index (Phi) is 4.75. The quantitative estimate of drug-likeness (QED) is 0.824. The first-order chi connectivity index (χ1) is 8.69. The molecule has 3 nitrogen and oxygen atoms in total. The molecule has 1 saturated heterocycles. The molecule has 1 aromatic rings. The molecule has 0 spiro atoms. The summed E-state index contributed by atoms with van der Waals surface area (Å²) in [6.07, 6.45) is 2.06. The van der Waals surface area contributed by atoms with Crippen molar-refractivity contribution in [2.75, 3.05) is 20.2 Å². The van der Waals surface area contributed by atoms with Crippen molar-refractivity contribution >= 4 is 0 Å². The lowest BCUT2D eigenvalue weighted by molar-refractivity contribution is 0.229. The summed E-state index contributed by atoms with van der Waals surface area (Å²) in [4.78, 5) is 2.37. The first-order valence-corrected chi connectivity index (χ1v) is 6.80. The number of hydrogen-bond donors (Lipinski definition) is 2. The molecule has 1 aromatic carbocycles. The summed E-state index contributed by atoms with van der Waals surface area (Å²) in [7, 11) is 2.16. The molecule has 2 unspecified atom stereocenters. The molecule has 2 rings (SSSR count). The Morgan fingerprint density at radius 3 is 2.67 bits per heavy atom. The molecular formula is C15H24N2O. The first kappa shape index (κ1) is 13.5. The number of rotatable bonds is 5. The molecule has 1 fully saturated rings.